The summed E-state index contributed by atoms with van der Waals surface area (Å²) in [6.45, 7) is 0. The first-order valence-electron chi connectivity index (χ1n) is 18.6. The van der Waals surface area contributed by atoms with E-state index in [-0.39, 0.29) is 5.82 Å². The zero-order valence-electron chi connectivity index (χ0n) is 30.0. The summed E-state index contributed by atoms with van der Waals surface area (Å²) in [5.74, 6) is -0.252. The summed E-state index contributed by atoms with van der Waals surface area (Å²) in [5.41, 5.74) is 13.5. The lowest BCUT2D eigenvalue weighted by atomic mass is 9.91. The number of nitrogens with zero attached hydrogens (tertiary/aromatic N) is 2. The molecule has 0 aliphatic heterocycles. The number of rotatable bonds is 7. The van der Waals surface area contributed by atoms with Gasteiger partial charge < -0.3 is 9.47 Å². The molecule has 0 amide bonds. The molecule has 1 aromatic heterocycles. The van der Waals surface area contributed by atoms with Gasteiger partial charge in [0.15, 0.2) is 0 Å². The third-order valence-electron chi connectivity index (χ3n) is 10.7. The van der Waals surface area contributed by atoms with Crippen molar-refractivity contribution in [2.24, 2.45) is 0 Å². The van der Waals surface area contributed by atoms with Crippen molar-refractivity contribution >= 4 is 49.6 Å². The smallest absolute Gasteiger partial charge is 0.123 e. The summed E-state index contributed by atoms with van der Waals surface area (Å²) in [6, 6.07) is 73.8. The molecule has 0 saturated heterocycles. The van der Waals surface area contributed by atoms with Crippen molar-refractivity contribution < 1.29 is 4.39 Å². The van der Waals surface area contributed by atoms with Crippen LogP contribution in [0.2, 0.25) is 0 Å². The Morgan fingerprint density at radius 2 is 0.891 bits per heavy atom. The van der Waals surface area contributed by atoms with Crippen LogP contribution >= 0.6 is 0 Å². The Kier molecular flexibility index (Phi) is 8.04. The van der Waals surface area contributed by atoms with Gasteiger partial charge in [0.05, 0.1) is 11.0 Å². The molecular formula is C52H35FN2. The molecule has 0 radical (unpaired) electrons. The first-order valence-corrected chi connectivity index (χ1v) is 18.6. The van der Waals surface area contributed by atoms with Crippen LogP contribution < -0.4 is 4.90 Å². The SMILES string of the molecule is Fc1ccc(N(c2ccccc2)c2ccc(-c3cccc4cccc(-c5ccc6c(c5)c5ccccc5n6-c5ccc(-c6ccccc6)cc5)c34)cc2)cc1. The number of aromatic nitrogens is 1. The Morgan fingerprint density at radius 1 is 0.364 bits per heavy atom. The van der Waals surface area contributed by atoms with Crippen LogP contribution in [0.25, 0.3) is 71.6 Å². The van der Waals surface area contributed by atoms with Crippen molar-refractivity contribution in [1.82, 2.24) is 4.57 Å². The average molecular weight is 707 g/mol. The van der Waals surface area contributed by atoms with Crippen molar-refractivity contribution in [2.75, 3.05) is 4.90 Å². The minimum atomic E-state index is -0.252. The lowest BCUT2D eigenvalue weighted by Crippen LogP contribution is -2.09. The maximum atomic E-state index is 13.9. The molecule has 55 heavy (non-hydrogen) atoms. The van der Waals surface area contributed by atoms with E-state index >= 15 is 0 Å². The zero-order chi connectivity index (χ0) is 36.7. The van der Waals surface area contributed by atoms with Gasteiger partial charge in [0.1, 0.15) is 5.82 Å². The molecule has 0 unspecified atom stereocenters. The Bertz CT molecular complexity index is 2940. The number of anilines is 3. The fraction of sp³-hybridized carbons (Fsp3) is 0. The Morgan fingerprint density at radius 3 is 1.60 bits per heavy atom. The van der Waals surface area contributed by atoms with Crippen molar-refractivity contribution in [3.05, 3.63) is 218 Å². The van der Waals surface area contributed by atoms with Crippen molar-refractivity contribution in [3.8, 4) is 39.1 Å². The molecule has 0 aliphatic carbocycles. The zero-order valence-corrected chi connectivity index (χ0v) is 30.0. The van der Waals surface area contributed by atoms with E-state index in [1.165, 1.54) is 72.5 Å². The van der Waals surface area contributed by atoms with Gasteiger partial charge in [-0.05, 0) is 123 Å². The van der Waals surface area contributed by atoms with E-state index in [1.54, 1.807) is 0 Å². The van der Waals surface area contributed by atoms with E-state index in [1.807, 2.05) is 30.3 Å². The monoisotopic (exact) mass is 706 g/mol. The predicted octanol–water partition coefficient (Wildman–Crippen LogP) is 14.5. The highest BCUT2D eigenvalue weighted by molar-refractivity contribution is 6.12. The second-order valence-corrected chi connectivity index (χ2v) is 13.9. The van der Waals surface area contributed by atoms with E-state index in [0.717, 1.165) is 28.3 Å². The number of fused-ring (bicyclic) bond motifs is 4. The molecule has 0 fully saturated rings. The number of benzene rings is 9. The molecule has 0 atom stereocenters. The third kappa shape index (κ3) is 5.83. The predicted molar refractivity (Wildman–Crippen MR) is 229 cm³/mol. The highest BCUT2D eigenvalue weighted by atomic mass is 19.1. The van der Waals surface area contributed by atoms with Gasteiger partial charge in [-0.15, -0.1) is 0 Å². The molecule has 260 valence electrons. The second-order valence-electron chi connectivity index (χ2n) is 13.9. The van der Waals surface area contributed by atoms with Crippen LogP contribution in [-0.4, -0.2) is 4.57 Å². The lowest BCUT2D eigenvalue weighted by molar-refractivity contribution is 0.628. The summed E-state index contributed by atoms with van der Waals surface area (Å²) in [5, 5.41) is 4.86. The summed E-state index contributed by atoms with van der Waals surface area (Å²) >= 11 is 0. The van der Waals surface area contributed by atoms with E-state index in [2.05, 4.69) is 179 Å². The Hall–Kier alpha value is -7.23. The van der Waals surface area contributed by atoms with Gasteiger partial charge in [-0.2, -0.15) is 0 Å². The quantitative estimate of drug-likeness (QED) is 0.160. The Labute approximate surface area is 319 Å². The lowest BCUT2D eigenvalue weighted by Gasteiger charge is -2.25. The molecular weight excluding hydrogens is 672 g/mol. The highest BCUT2D eigenvalue weighted by Crippen LogP contribution is 2.41. The van der Waals surface area contributed by atoms with Gasteiger partial charge in [-0.3, -0.25) is 0 Å². The van der Waals surface area contributed by atoms with E-state index in [4.69, 9.17) is 0 Å². The van der Waals surface area contributed by atoms with Gasteiger partial charge in [-0.25, -0.2) is 4.39 Å². The molecule has 3 heteroatoms. The topological polar surface area (TPSA) is 8.17 Å². The third-order valence-corrected chi connectivity index (χ3v) is 10.7. The molecule has 0 N–H and O–H groups in total. The molecule has 0 spiro atoms. The molecule has 2 nitrogen and oxygen atoms in total. The van der Waals surface area contributed by atoms with Gasteiger partial charge >= 0.3 is 0 Å². The maximum absolute atomic E-state index is 13.9. The molecule has 10 rings (SSSR count). The van der Waals surface area contributed by atoms with Gasteiger partial charge in [0.2, 0.25) is 0 Å². The fourth-order valence-corrected chi connectivity index (χ4v) is 8.08. The van der Waals surface area contributed by atoms with Crippen LogP contribution in [0.3, 0.4) is 0 Å². The number of hydrogen-bond donors (Lipinski definition) is 0. The minimum Gasteiger partial charge on any atom is -0.311 e. The van der Waals surface area contributed by atoms with Crippen LogP contribution in [0.1, 0.15) is 0 Å². The number of hydrogen-bond acceptors (Lipinski definition) is 1. The molecule has 0 saturated carbocycles. The van der Waals surface area contributed by atoms with E-state index in [0.29, 0.717) is 0 Å². The second kappa shape index (κ2) is 13.6. The average Bonchev–Trinajstić information content (AvgIpc) is 3.59. The fourth-order valence-electron chi connectivity index (χ4n) is 8.08. The number of halogens is 1. The maximum Gasteiger partial charge on any atom is 0.123 e. The highest BCUT2D eigenvalue weighted by Gasteiger charge is 2.17. The summed E-state index contributed by atoms with van der Waals surface area (Å²) in [7, 11) is 0. The molecule has 10 aromatic rings. The van der Waals surface area contributed by atoms with Crippen LogP contribution in [-0.2, 0) is 0 Å². The minimum absolute atomic E-state index is 0.252. The van der Waals surface area contributed by atoms with E-state index < -0.39 is 0 Å². The summed E-state index contributed by atoms with van der Waals surface area (Å²) in [6.07, 6.45) is 0. The molecule has 1 heterocycles. The normalized spacial score (nSPS) is 11.4. The van der Waals surface area contributed by atoms with Crippen LogP contribution in [0.4, 0.5) is 21.5 Å². The molecule has 0 aliphatic rings. The van der Waals surface area contributed by atoms with Crippen LogP contribution in [0.15, 0.2) is 212 Å². The van der Waals surface area contributed by atoms with Gasteiger partial charge in [-0.1, -0.05) is 133 Å². The van der Waals surface area contributed by atoms with Gasteiger partial charge in [0.25, 0.3) is 0 Å². The molecule has 9 aromatic carbocycles. The van der Waals surface area contributed by atoms with Gasteiger partial charge in [0, 0.05) is 33.5 Å². The molecule has 0 bridgehead atoms. The summed E-state index contributed by atoms with van der Waals surface area (Å²) < 4.78 is 16.3. The first-order chi connectivity index (χ1) is 27.2. The van der Waals surface area contributed by atoms with Crippen molar-refractivity contribution in [2.45, 2.75) is 0 Å². The first kappa shape index (κ1) is 32.4. The summed E-state index contributed by atoms with van der Waals surface area (Å²) in [4.78, 5) is 2.15. The van der Waals surface area contributed by atoms with Crippen LogP contribution in [0, 0.1) is 5.82 Å². The standard InChI is InChI=1S/C52H35FN2/c53-41-26-32-44(33-27-41)54(42-15-5-2-6-16-42)43-30-23-38(24-31-43)46-18-9-13-39-14-10-19-47(52(39)46)40-25-34-51-49(35-40)48-17-7-8-20-50(48)55(51)45-28-21-37(22-29-45)36-11-3-1-4-12-36/h1-35H. The van der Waals surface area contributed by atoms with Crippen LogP contribution in [0.5, 0.6) is 0 Å². The largest absolute Gasteiger partial charge is 0.311 e. The van der Waals surface area contributed by atoms with Crippen molar-refractivity contribution in [1.29, 1.82) is 0 Å². The number of para-hydroxylation sites is 2. The van der Waals surface area contributed by atoms with Crippen molar-refractivity contribution in [3.63, 3.8) is 0 Å². The van der Waals surface area contributed by atoms with E-state index in [9.17, 15) is 4.39 Å². The Balaban J connectivity index is 1.07.